The first-order valence-electron chi connectivity index (χ1n) is 7.97. The average Bonchev–Trinajstić information content (AvgIpc) is 3.17. The van der Waals surface area contributed by atoms with Crippen LogP contribution in [0.3, 0.4) is 0 Å². The summed E-state index contributed by atoms with van der Waals surface area (Å²) in [5, 5.41) is 3.09. The van der Waals surface area contributed by atoms with Gasteiger partial charge in [0.25, 0.3) is 5.91 Å². The van der Waals surface area contributed by atoms with Gasteiger partial charge in [0.1, 0.15) is 12.1 Å². The number of pyridine rings is 1. The number of alkyl halides is 3. The Morgan fingerprint density at radius 1 is 1.42 bits per heavy atom. The zero-order valence-corrected chi connectivity index (χ0v) is 14.1. The molecule has 1 saturated heterocycles. The lowest BCUT2D eigenvalue weighted by molar-refractivity contribution is -0.137. The van der Waals surface area contributed by atoms with E-state index in [0.29, 0.717) is 13.1 Å². The van der Waals surface area contributed by atoms with Crippen molar-refractivity contribution in [3.05, 3.63) is 41.2 Å². The van der Waals surface area contributed by atoms with E-state index in [4.69, 9.17) is 16.0 Å². The van der Waals surface area contributed by atoms with Crippen molar-refractivity contribution in [2.75, 3.05) is 18.4 Å². The summed E-state index contributed by atoms with van der Waals surface area (Å²) in [6, 6.07) is 0.856. The number of amides is 1. The van der Waals surface area contributed by atoms with Crippen LogP contribution in [0.5, 0.6) is 0 Å². The van der Waals surface area contributed by atoms with Crippen LogP contribution in [0.25, 0.3) is 0 Å². The normalized spacial score (nSPS) is 24.9. The minimum atomic E-state index is -4.50. The molecule has 0 spiro atoms. The smallest absolute Gasteiger partial charge is 0.417 e. The molecule has 0 bridgehead atoms. The standard InChI is InChI=1S/C16H14ClF3N4O2/c17-11-3-10(16(18,19)20)4-21-13(11)23-15-2-1-9(15)5-24(7-15)14(25)12-6-26-8-22-12/h3-4,6,8-9H,1-2,5,7H2,(H,21,23). The number of oxazole rings is 1. The number of hydrogen-bond acceptors (Lipinski definition) is 5. The van der Waals surface area contributed by atoms with Crippen LogP contribution in [0.1, 0.15) is 28.9 Å². The van der Waals surface area contributed by atoms with Gasteiger partial charge in [0.05, 0.1) is 16.1 Å². The molecule has 2 unspecified atom stereocenters. The molecule has 6 nitrogen and oxygen atoms in total. The van der Waals surface area contributed by atoms with E-state index >= 15 is 0 Å². The van der Waals surface area contributed by atoms with Crippen LogP contribution in [0.15, 0.2) is 29.3 Å². The summed E-state index contributed by atoms with van der Waals surface area (Å²) in [7, 11) is 0. The van der Waals surface area contributed by atoms with Gasteiger partial charge in [-0.2, -0.15) is 13.2 Å². The number of aromatic nitrogens is 2. The summed E-state index contributed by atoms with van der Waals surface area (Å²) in [5.74, 6) is 0.138. The van der Waals surface area contributed by atoms with Gasteiger partial charge in [-0.1, -0.05) is 11.6 Å². The summed E-state index contributed by atoms with van der Waals surface area (Å²) in [6.45, 7) is 0.944. The van der Waals surface area contributed by atoms with Gasteiger partial charge in [-0.3, -0.25) is 4.79 Å². The van der Waals surface area contributed by atoms with Crippen LogP contribution in [-0.2, 0) is 6.18 Å². The van der Waals surface area contributed by atoms with E-state index in [1.807, 2.05) is 0 Å². The van der Waals surface area contributed by atoms with E-state index in [1.165, 1.54) is 12.7 Å². The third-order valence-electron chi connectivity index (χ3n) is 5.11. The number of halogens is 4. The SMILES string of the molecule is O=C(c1cocn1)N1CC2CCC2(Nc2ncc(C(F)(F)F)cc2Cl)C1. The highest BCUT2D eigenvalue weighted by Gasteiger charge is 2.54. The molecule has 1 aliphatic carbocycles. The summed E-state index contributed by atoms with van der Waals surface area (Å²) in [5.41, 5.74) is -1.10. The molecule has 138 valence electrons. The minimum absolute atomic E-state index is 0.0962. The van der Waals surface area contributed by atoms with Crippen LogP contribution in [0.2, 0.25) is 5.02 Å². The number of anilines is 1. The van der Waals surface area contributed by atoms with Crippen LogP contribution in [-0.4, -0.2) is 39.4 Å². The molecular weight excluding hydrogens is 373 g/mol. The maximum atomic E-state index is 12.8. The fraction of sp³-hybridized carbons (Fsp3) is 0.438. The summed E-state index contributed by atoms with van der Waals surface area (Å²) in [6.07, 6.45) is 0.425. The van der Waals surface area contributed by atoms with Crippen molar-refractivity contribution >= 4 is 23.3 Å². The van der Waals surface area contributed by atoms with Gasteiger partial charge in [-0.15, -0.1) is 0 Å². The number of rotatable bonds is 3. The van der Waals surface area contributed by atoms with Gasteiger partial charge >= 0.3 is 6.18 Å². The number of fused-ring (bicyclic) bond motifs is 1. The number of carbonyl (C=O) groups excluding carboxylic acids is 1. The lowest BCUT2D eigenvalue weighted by Gasteiger charge is -2.44. The van der Waals surface area contributed by atoms with Crippen molar-refractivity contribution in [2.24, 2.45) is 5.92 Å². The molecule has 1 amide bonds. The quantitative estimate of drug-likeness (QED) is 0.874. The molecule has 10 heteroatoms. The molecular formula is C16H14ClF3N4O2. The van der Waals surface area contributed by atoms with Crippen LogP contribution >= 0.6 is 11.6 Å². The number of hydrogen-bond donors (Lipinski definition) is 1. The number of carbonyl (C=O) groups is 1. The minimum Gasteiger partial charge on any atom is -0.451 e. The fourth-order valence-electron chi connectivity index (χ4n) is 3.60. The predicted molar refractivity (Wildman–Crippen MR) is 85.7 cm³/mol. The van der Waals surface area contributed by atoms with Crippen LogP contribution in [0, 0.1) is 5.92 Å². The molecule has 2 aromatic heterocycles. The maximum absolute atomic E-state index is 12.8. The second kappa shape index (κ2) is 5.87. The summed E-state index contributed by atoms with van der Waals surface area (Å²) in [4.78, 5) is 21.8. The number of nitrogens with one attached hydrogen (secondary N) is 1. The lowest BCUT2D eigenvalue weighted by atomic mass is 9.69. The predicted octanol–water partition coefficient (Wildman–Crippen LogP) is 3.46. The second-order valence-corrected chi connectivity index (χ2v) is 7.04. The van der Waals surface area contributed by atoms with Gasteiger partial charge in [-0.25, -0.2) is 9.97 Å². The van der Waals surface area contributed by atoms with Crippen molar-refractivity contribution in [1.82, 2.24) is 14.9 Å². The topological polar surface area (TPSA) is 71.3 Å². The third-order valence-corrected chi connectivity index (χ3v) is 5.40. The van der Waals surface area contributed by atoms with E-state index in [9.17, 15) is 18.0 Å². The van der Waals surface area contributed by atoms with Gasteiger partial charge in [0.15, 0.2) is 12.1 Å². The Labute approximate surface area is 151 Å². The zero-order chi connectivity index (χ0) is 18.5. The molecule has 0 aromatic carbocycles. The Morgan fingerprint density at radius 3 is 2.81 bits per heavy atom. The molecule has 2 aromatic rings. The van der Waals surface area contributed by atoms with Crippen molar-refractivity contribution in [2.45, 2.75) is 24.6 Å². The van der Waals surface area contributed by atoms with Gasteiger partial charge in [0, 0.05) is 25.2 Å². The Morgan fingerprint density at radius 2 is 2.23 bits per heavy atom. The van der Waals surface area contributed by atoms with E-state index < -0.39 is 17.3 Å². The Bertz CT molecular complexity index is 843. The molecule has 0 radical (unpaired) electrons. The maximum Gasteiger partial charge on any atom is 0.417 e. The van der Waals surface area contributed by atoms with Gasteiger partial charge in [0.2, 0.25) is 0 Å². The van der Waals surface area contributed by atoms with Crippen LogP contribution in [0.4, 0.5) is 19.0 Å². The largest absolute Gasteiger partial charge is 0.451 e. The van der Waals surface area contributed by atoms with E-state index in [-0.39, 0.29) is 28.4 Å². The molecule has 2 fully saturated rings. The van der Waals surface area contributed by atoms with E-state index in [1.54, 1.807) is 4.90 Å². The monoisotopic (exact) mass is 386 g/mol. The Balaban J connectivity index is 1.53. The highest BCUT2D eigenvalue weighted by molar-refractivity contribution is 6.33. The third kappa shape index (κ3) is 2.80. The first kappa shape index (κ1) is 17.1. The Hall–Kier alpha value is -2.29. The molecule has 1 aliphatic heterocycles. The first-order chi connectivity index (χ1) is 12.3. The molecule has 26 heavy (non-hydrogen) atoms. The van der Waals surface area contributed by atoms with Crippen molar-refractivity contribution < 1.29 is 22.4 Å². The molecule has 2 atom stereocenters. The van der Waals surface area contributed by atoms with Gasteiger partial charge in [-0.05, 0) is 18.9 Å². The van der Waals surface area contributed by atoms with Crippen molar-refractivity contribution in [1.29, 1.82) is 0 Å². The highest BCUT2D eigenvalue weighted by atomic mass is 35.5. The molecule has 1 N–H and O–H groups in total. The second-order valence-electron chi connectivity index (χ2n) is 6.63. The zero-order valence-electron chi connectivity index (χ0n) is 13.4. The summed E-state index contributed by atoms with van der Waals surface area (Å²) < 4.78 is 43.1. The number of likely N-dealkylation sites (tertiary alicyclic amines) is 1. The van der Waals surface area contributed by atoms with Gasteiger partial charge < -0.3 is 14.6 Å². The Kier molecular flexibility index (Phi) is 3.87. The first-order valence-corrected chi connectivity index (χ1v) is 8.35. The fourth-order valence-corrected chi connectivity index (χ4v) is 3.82. The van der Waals surface area contributed by atoms with Crippen LogP contribution < -0.4 is 5.32 Å². The van der Waals surface area contributed by atoms with Crippen molar-refractivity contribution in [3.8, 4) is 0 Å². The van der Waals surface area contributed by atoms with E-state index in [2.05, 4.69) is 15.3 Å². The van der Waals surface area contributed by atoms with E-state index in [0.717, 1.165) is 25.1 Å². The molecule has 3 heterocycles. The lowest BCUT2D eigenvalue weighted by Crippen LogP contribution is -2.53. The van der Waals surface area contributed by atoms with Crippen molar-refractivity contribution in [3.63, 3.8) is 0 Å². The molecule has 4 rings (SSSR count). The molecule has 2 aliphatic rings. The number of nitrogens with zero attached hydrogens (tertiary/aromatic N) is 3. The molecule has 1 saturated carbocycles. The average molecular weight is 387 g/mol. The highest BCUT2D eigenvalue weighted by Crippen LogP contribution is 2.47. The summed E-state index contributed by atoms with van der Waals surface area (Å²) >= 11 is 6.00.